The maximum Gasteiger partial charge on any atom is 0.321 e. The summed E-state index contributed by atoms with van der Waals surface area (Å²) in [6.07, 6.45) is 5.97. The maximum atomic E-state index is 11.7. The number of carbonyl (C=O) groups is 1. The molecule has 1 aliphatic rings. The Labute approximate surface area is 102 Å². The van der Waals surface area contributed by atoms with E-state index < -0.39 is 5.41 Å². The van der Waals surface area contributed by atoms with E-state index in [0.29, 0.717) is 24.4 Å². The summed E-state index contributed by atoms with van der Waals surface area (Å²) in [5, 5.41) is 3.81. The lowest BCUT2D eigenvalue weighted by Gasteiger charge is -2.05. The first-order valence-electron chi connectivity index (χ1n) is 5.45. The quantitative estimate of drug-likeness (QED) is 0.737. The molecule has 1 fully saturated rings. The molecule has 0 saturated heterocycles. The minimum absolute atomic E-state index is 0.287. The number of methoxy groups -OCH3 is 1. The largest absolute Gasteiger partial charge is 0.468 e. The smallest absolute Gasteiger partial charge is 0.321 e. The fraction of sp³-hybridized carbons (Fsp3) is 0.364. The van der Waals surface area contributed by atoms with Crippen LogP contribution in [0.15, 0.2) is 23.1 Å². The van der Waals surface area contributed by atoms with Gasteiger partial charge >= 0.3 is 5.97 Å². The van der Waals surface area contributed by atoms with Crippen LogP contribution in [0.5, 0.6) is 0 Å². The van der Waals surface area contributed by atoms with Crippen molar-refractivity contribution in [3.8, 4) is 11.5 Å². The van der Waals surface area contributed by atoms with Crippen molar-refractivity contribution in [2.75, 3.05) is 7.11 Å². The minimum Gasteiger partial charge on any atom is -0.468 e. The van der Waals surface area contributed by atoms with Crippen molar-refractivity contribution in [1.29, 1.82) is 0 Å². The van der Waals surface area contributed by atoms with Gasteiger partial charge in [0.15, 0.2) is 0 Å². The van der Waals surface area contributed by atoms with Gasteiger partial charge in [-0.3, -0.25) is 9.78 Å². The number of carbonyl (C=O) groups excluding carboxylic acids is 1. The van der Waals surface area contributed by atoms with Crippen molar-refractivity contribution >= 4 is 5.97 Å². The second kappa shape index (κ2) is 3.86. The summed E-state index contributed by atoms with van der Waals surface area (Å²) in [6, 6.07) is 0. The van der Waals surface area contributed by atoms with Crippen LogP contribution in [0.25, 0.3) is 11.5 Å². The van der Waals surface area contributed by atoms with Gasteiger partial charge in [0.1, 0.15) is 11.1 Å². The molecule has 2 heterocycles. The lowest BCUT2D eigenvalue weighted by Crippen LogP contribution is -2.22. The van der Waals surface area contributed by atoms with Crippen molar-refractivity contribution in [2.24, 2.45) is 0 Å². The molecule has 0 unspecified atom stereocenters. The topological polar surface area (TPSA) is 91.0 Å². The Balaban J connectivity index is 1.94. The summed E-state index contributed by atoms with van der Waals surface area (Å²) in [6.45, 7) is 0. The first-order valence-corrected chi connectivity index (χ1v) is 5.45. The van der Waals surface area contributed by atoms with Gasteiger partial charge in [-0.05, 0) is 12.8 Å². The van der Waals surface area contributed by atoms with Crippen molar-refractivity contribution in [2.45, 2.75) is 18.3 Å². The fourth-order valence-corrected chi connectivity index (χ4v) is 1.76. The van der Waals surface area contributed by atoms with Crippen molar-refractivity contribution in [3.63, 3.8) is 0 Å². The van der Waals surface area contributed by atoms with E-state index in [2.05, 4.69) is 20.1 Å². The minimum atomic E-state index is -0.748. The number of esters is 1. The Bertz CT molecular complexity index is 577. The van der Waals surface area contributed by atoms with E-state index >= 15 is 0 Å². The molecule has 92 valence electrons. The zero-order valence-electron chi connectivity index (χ0n) is 9.66. The van der Waals surface area contributed by atoms with Crippen LogP contribution in [0.3, 0.4) is 0 Å². The Kier molecular flexibility index (Phi) is 2.32. The summed E-state index contributed by atoms with van der Waals surface area (Å²) < 4.78 is 9.89. The van der Waals surface area contributed by atoms with Gasteiger partial charge in [-0.1, -0.05) is 5.16 Å². The molecule has 1 saturated carbocycles. The number of rotatable bonds is 3. The molecule has 0 aliphatic heterocycles. The average Bonchev–Trinajstić information content (AvgIpc) is 3.09. The number of aromatic nitrogens is 4. The number of ether oxygens (including phenoxy) is 1. The Morgan fingerprint density at radius 3 is 2.89 bits per heavy atom. The van der Waals surface area contributed by atoms with E-state index in [-0.39, 0.29) is 11.9 Å². The third-order valence-corrected chi connectivity index (χ3v) is 2.95. The standard InChI is InChI=1S/C11H10N4O3/c1-17-10(16)11(2-3-11)9-14-8(15-18-9)7-6-12-4-5-13-7/h4-6H,2-3H2,1H3. The maximum absolute atomic E-state index is 11.7. The lowest BCUT2D eigenvalue weighted by molar-refractivity contribution is -0.144. The van der Waals surface area contributed by atoms with Crippen LogP contribution in [0.4, 0.5) is 0 Å². The monoisotopic (exact) mass is 246 g/mol. The second-order valence-electron chi connectivity index (χ2n) is 4.09. The Morgan fingerprint density at radius 2 is 2.28 bits per heavy atom. The van der Waals surface area contributed by atoms with Crippen molar-refractivity contribution in [1.82, 2.24) is 20.1 Å². The number of nitrogens with zero attached hydrogens (tertiary/aromatic N) is 4. The summed E-state index contributed by atoms with van der Waals surface area (Å²) in [5.41, 5.74) is -0.240. The molecule has 3 rings (SSSR count). The molecule has 1 aliphatic carbocycles. The highest BCUT2D eigenvalue weighted by molar-refractivity contribution is 5.85. The average molecular weight is 246 g/mol. The van der Waals surface area contributed by atoms with Gasteiger partial charge in [-0.2, -0.15) is 4.98 Å². The Morgan fingerprint density at radius 1 is 1.44 bits per heavy atom. The second-order valence-corrected chi connectivity index (χ2v) is 4.09. The summed E-state index contributed by atoms with van der Waals surface area (Å²) in [4.78, 5) is 23.9. The van der Waals surface area contributed by atoms with E-state index in [1.54, 1.807) is 12.4 Å². The molecular weight excluding hydrogens is 236 g/mol. The van der Waals surface area contributed by atoms with Crippen molar-refractivity contribution < 1.29 is 14.1 Å². The van der Waals surface area contributed by atoms with Crippen LogP contribution in [0, 0.1) is 0 Å². The van der Waals surface area contributed by atoms with Gasteiger partial charge in [0.25, 0.3) is 0 Å². The normalized spacial score (nSPS) is 16.3. The molecule has 0 aromatic carbocycles. The first kappa shape index (κ1) is 10.8. The molecule has 0 atom stereocenters. The van der Waals surface area contributed by atoms with Crippen LogP contribution in [-0.2, 0) is 14.9 Å². The van der Waals surface area contributed by atoms with Gasteiger partial charge in [-0.25, -0.2) is 4.98 Å². The predicted octanol–water partition coefficient (Wildman–Crippen LogP) is 0.731. The van der Waals surface area contributed by atoms with Gasteiger partial charge < -0.3 is 9.26 Å². The Hall–Kier alpha value is -2.31. The molecule has 0 radical (unpaired) electrons. The molecule has 0 spiro atoms. The van der Waals surface area contributed by atoms with Crippen LogP contribution in [0.1, 0.15) is 18.7 Å². The summed E-state index contributed by atoms with van der Waals surface area (Å²) >= 11 is 0. The third-order valence-electron chi connectivity index (χ3n) is 2.95. The molecule has 2 aromatic heterocycles. The van der Waals surface area contributed by atoms with Gasteiger partial charge in [-0.15, -0.1) is 0 Å². The van der Waals surface area contributed by atoms with Gasteiger partial charge in [0, 0.05) is 12.4 Å². The molecular formula is C11H10N4O3. The zero-order valence-corrected chi connectivity index (χ0v) is 9.66. The van der Waals surface area contributed by atoms with E-state index in [4.69, 9.17) is 9.26 Å². The molecule has 0 bridgehead atoms. The molecule has 0 amide bonds. The third kappa shape index (κ3) is 1.55. The number of hydrogen-bond donors (Lipinski definition) is 0. The van der Waals surface area contributed by atoms with Crippen LogP contribution in [-0.4, -0.2) is 33.2 Å². The van der Waals surface area contributed by atoms with E-state index in [1.807, 2.05) is 0 Å². The van der Waals surface area contributed by atoms with Gasteiger partial charge in [0.2, 0.25) is 11.7 Å². The zero-order chi connectivity index (χ0) is 12.6. The predicted molar refractivity (Wildman–Crippen MR) is 58.3 cm³/mol. The highest BCUT2D eigenvalue weighted by Crippen LogP contribution is 2.48. The molecule has 7 heteroatoms. The molecule has 2 aromatic rings. The van der Waals surface area contributed by atoms with Crippen LogP contribution >= 0.6 is 0 Å². The summed E-state index contributed by atoms with van der Waals surface area (Å²) in [7, 11) is 1.35. The lowest BCUT2D eigenvalue weighted by atomic mass is 10.1. The molecule has 0 N–H and O–H groups in total. The highest BCUT2D eigenvalue weighted by Gasteiger charge is 2.57. The van der Waals surface area contributed by atoms with E-state index in [9.17, 15) is 4.79 Å². The molecule has 7 nitrogen and oxygen atoms in total. The van der Waals surface area contributed by atoms with E-state index in [0.717, 1.165) is 0 Å². The molecule has 18 heavy (non-hydrogen) atoms. The first-order chi connectivity index (χ1) is 8.76. The van der Waals surface area contributed by atoms with Crippen LogP contribution in [0.2, 0.25) is 0 Å². The van der Waals surface area contributed by atoms with Gasteiger partial charge in [0.05, 0.1) is 13.3 Å². The number of hydrogen-bond acceptors (Lipinski definition) is 7. The highest BCUT2D eigenvalue weighted by atomic mass is 16.5. The van der Waals surface area contributed by atoms with Crippen molar-refractivity contribution in [3.05, 3.63) is 24.5 Å². The fourth-order valence-electron chi connectivity index (χ4n) is 1.76. The van der Waals surface area contributed by atoms with E-state index in [1.165, 1.54) is 13.3 Å². The summed E-state index contributed by atoms with van der Waals surface area (Å²) in [5.74, 6) is 0.278. The van der Waals surface area contributed by atoms with Crippen LogP contribution < -0.4 is 0 Å². The SMILES string of the molecule is COC(=O)C1(c2nc(-c3cnccn3)no2)CC1.